The van der Waals surface area contributed by atoms with Gasteiger partial charge in [0, 0.05) is 6.42 Å². The second-order valence-corrected chi connectivity index (χ2v) is 5.17. The standard InChI is InChI=1S/C13H28FNO/c1-5-7-8-9-12(14)10-11-13(6-2)15(3,4)16/h12-13H,5-11H2,1-4H3. The van der Waals surface area contributed by atoms with Crippen molar-refractivity contribution in [3.8, 4) is 0 Å². The van der Waals surface area contributed by atoms with Crippen molar-refractivity contribution in [1.82, 2.24) is 0 Å². The minimum Gasteiger partial charge on any atom is -0.633 e. The molecular formula is C13H28FNO. The molecule has 0 fully saturated rings. The van der Waals surface area contributed by atoms with Crippen LogP contribution in [0.4, 0.5) is 4.39 Å². The largest absolute Gasteiger partial charge is 0.633 e. The lowest BCUT2D eigenvalue weighted by Gasteiger charge is -2.41. The van der Waals surface area contributed by atoms with Gasteiger partial charge in [-0.3, -0.25) is 0 Å². The monoisotopic (exact) mass is 233 g/mol. The minimum atomic E-state index is -0.716. The molecule has 0 N–H and O–H groups in total. The Morgan fingerprint density at radius 3 is 2.12 bits per heavy atom. The van der Waals surface area contributed by atoms with Crippen molar-refractivity contribution in [2.75, 3.05) is 14.1 Å². The van der Waals surface area contributed by atoms with Crippen LogP contribution < -0.4 is 0 Å². The van der Waals surface area contributed by atoms with Crippen LogP contribution in [0.3, 0.4) is 0 Å². The molecule has 0 bridgehead atoms. The Hall–Kier alpha value is -0.150. The summed E-state index contributed by atoms with van der Waals surface area (Å²) in [5.74, 6) is 0. The number of unbranched alkanes of at least 4 members (excludes halogenated alkanes) is 2. The Morgan fingerprint density at radius 2 is 1.69 bits per heavy atom. The first-order valence-corrected chi connectivity index (χ1v) is 6.60. The maximum Gasteiger partial charge on any atom is 0.100 e. The van der Waals surface area contributed by atoms with E-state index >= 15 is 0 Å². The number of rotatable bonds is 9. The second-order valence-electron chi connectivity index (χ2n) is 5.17. The van der Waals surface area contributed by atoms with E-state index in [2.05, 4.69) is 6.92 Å². The number of alkyl halides is 1. The molecule has 98 valence electrons. The fourth-order valence-corrected chi connectivity index (χ4v) is 2.09. The van der Waals surface area contributed by atoms with Crippen LogP contribution in [0.2, 0.25) is 0 Å². The smallest absolute Gasteiger partial charge is 0.100 e. The van der Waals surface area contributed by atoms with Crippen molar-refractivity contribution < 1.29 is 9.04 Å². The lowest BCUT2D eigenvalue weighted by atomic mass is 10.0. The average Bonchev–Trinajstić information content (AvgIpc) is 2.17. The summed E-state index contributed by atoms with van der Waals surface area (Å²) >= 11 is 0. The Bertz CT molecular complexity index is 168. The molecule has 0 rings (SSSR count). The van der Waals surface area contributed by atoms with Crippen molar-refractivity contribution in [3.05, 3.63) is 5.21 Å². The first-order valence-electron chi connectivity index (χ1n) is 6.60. The molecule has 0 spiro atoms. The van der Waals surface area contributed by atoms with Gasteiger partial charge in [-0.2, -0.15) is 0 Å². The highest BCUT2D eigenvalue weighted by atomic mass is 19.1. The Labute approximate surface area is 100 Å². The Morgan fingerprint density at radius 1 is 1.06 bits per heavy atom. The predicted molar refractivity (Wildman–Crippen MR) is 67.8 cm³/mol. The van der Waals surface area contributed by atoms with E-state index in [0.29, 0.717) is 19.3 Å². The Balaban J connectivity index is 3.75. The average molecular weight is 233 g/mol. The van der Waals surface area contributed by atoms with Gasteiger partial charge in [-0.25, -0.2) is 4.39 Å². The fraction of sp³-hybridized carbons (Fsp3) is 1.00. The first-order chi connectivity index (χ1) is 7.41. The van der Waals surface area contributed by atoms with Gasteiger partial charge in [0.2, 0.25) is 0 Å². The molecular weight excluding hydrogens is 205 g/mol. The molecule has 0 aliphatic rings. The maximum atomic E-state index is 13.5. The molecule has 0 aliphatic carbocycles. The first kappa shape index (κ1) is 15.9. The van der Waals surface area contributed by atoms with Crippen molar-refractivity contribution in [2.45, 2.75) is 71.0 Å². The summed E-state index contributed by atoms with van der Waals surface area (Å²) < 4.78 is 13.2. The lowest BCUT2D eigenvalue weighted by molar-refractivity contribution is -0.867. The molecule has 0 aliphatic heterocycles. The van der Waals surface area contributed by atoms with E-state index in [9.17, 15) is 9.60 Å². The van der Waals surface area contributed by atoms with Crippen LogP contribution in [-0.2, 0) is 0 Å². The summed E-state index contributed by atoms with van der Waals surface area (Å²) in [6, 6.07) is 0.0458. The van der Waals surface area contributed by atoms with Gasteiger partial charge >= 0.3 is 0 Å². The third-order valence-electron chi connectivity index (χ3n) is 3.28. The third kappa shape index (κ3) is 7.18. The normalized spacial score (nSPS) is 16.1. The van der Waals surface area contributed by atoms with Gasteiger partial charge in [0.25, 0.3) is 0 Å². The number of quaternary nitrogens is 1. The van der Waals surface area contributed by atoms with Crippen LogP contribution in [-0.4, -0.2) is 31.0 Å². The van der Waals surface area contributed by atoms with E-state index in [-0.39, 0.29) is 10.7 Å². The van der Waals surface area contributed by atoms with Crippen molar-refractivity contribution >= 4 is 0 Å². The van der Waals surface area contributed by atoms with E-state index < -0.39 is 6.17 Å². The van der Waals surface area contributed by atoms with E-state index in [1.165, 1.54) is 0 Å². The zero-order chi connectivity index (χ0) is 12.6. The second kappa shape index (κ2) is 8.02. The molecule has 16 heavy (non-hydrogen) atoms. The number of hydrogen-bond donors (Lipinski definition) is 0. The summed E-state index contributed by atoms with van der Waals surface area (Å²) in [5, 5.41) is 11.7. The van der Waals surface area contributed by atoms with Gasteiger partial charge in [0.15, 0.2) is 0 Å². The van der Waals surface area contributed by atoms with Crippen LogP contribution in [0.5, 0.6) is 0 Å². The SMILES string of the molecule is CCCCCC(F)CCC(CC)[N+](C)(C)[O-]. The highest BCUT2D eigenvalue weighted by Crippen LogP contribution is 2.19. The van der Waals surface area contributed by atoms with Crippen LogP contribution >= 0.6 is 0 Å². The molecule has 0 aromatic rings. The molecule has 0 aromatic carbocycles. The molecule has 2 atom stereocenters. The highest BCUT2D eigenvalue weighted by molar-refractivity contribution is 4.63. The zero-order valence-electron chi connectivity index (χ0n) is 11.3. The van der Waals surface area contributed by atoms with Gasteiger partial charge in [0.05, 0.1) is 20.1 Å². The number of hydrogen-bond acceptors (Lipinski definition) is 1. The van der Waals surface area contributed by atoms with Gasteiger partial charge in [-0.15, -0.1) is 0 Å². The van der Waals surface area contributed by atoms with E-state index in [0.717, 1.165) is 25.7 Å². The molecule has 0 saturated carbocycles. The van der Waals surface area contributed by atoms with E-state index in [4.69, 9.17) is 0 Å². The minimum absolute atomic E-state index is 0.0458. The molecule has 2 nitrogen and oxygen atoms in total. The molecule has 3 heteroatoms. The van der Waals surface area contributed by atoms with Crippen LogP contribution in [0, 0.1) is 5.21 Å². The molecule has 0 aromatic heterocycles. The summed E-state index contributed by atoms with van der Waals surface area (Å²) in [6.45, 7) is 4.13. The van der Waals surface area contributed by atoms with Gasteiger partial charge < -0.3 is 9.85 Å². The molecule has 0 heterocycles. The molecule has 0 radical (unpaired) electrons. The maximum absolute atomic E-state index is 13.5. The van der Waals surface area contributed by atoms with Crippen molar-refractivity contribution in [1.29, 1.82) is 0 Å². The molecule has 0 saturated heterocycles. The number of nitrogens with zero attached hydrogens (tertiary/aromatic N) is 1. The van der Waals surface area contributed by atoms with Crippen LogP contribution in [0.1, 0.15) is 58.8 Å². The highest BCUT2D eigenvalue weighted by Gasteiger charge is 2.19. The Kier molecular flexibility index (Phi) is 7.94. The fourth-order valence-electron chi connectivity index (χ4n) is 2.09. The summed E-state index contributed by atoms with van der Waals surface area (Å²) in [7, 11) is 3.30. The summed E-state index contributed by atoms with van der Waals surface area (Å²) in [5.41, 5.74) is 0. The molecule has 0 amide bonds. The van der Waals surface area contributed by atoms with Crippen LogP contribution in [0.25, 0.3) is 0 Å². The van der Waals surface area contributed by atoms with Gasteiger partial charge in [-0.1, -0.05) is 33.1 Å². The topological polar surface area (TPSA) is 23.1 Å². The van der Waals surface area contributed by atoms with Crippen LogP contribution in [0.15, 0.2) is 0 Å². The van der Waals surface area contributed by atoms with E-state index in [1.807, 2.05) is 6.92 Å². The lowest BCUT2D eigenvalue weighted by Crippen LogP contribution is -2.43. The summed E-state index contributed by atoms with van der Waals surface area (Å²) in [4.78, 5) is 0. The van der Waals surface area contributed by atoms with Crippen molar-refractivity contribution in [2.24, 2.45) is 0 Å². The van der Waals surface area contributed by atoms with E-state index in [1.54, 1.807) is 14.1 Å². The number of halogens is 1. The quantitative estimate of drug-likeness (QED) is 0.335. The van der Waals surface area contributed by atoms with Gasteiger partial charge in [-0.05, 0) is 19.3 Å². The number of hydroxylamine groups is 3. The predicted octanol–water partition coefficient (Wildman–Crippen LogP) is 4.04. The third-order valence-corrected chi connectivity index (χ3v) is 3.28. The van der Waals surface area contributed by atoms with Gasteiger partial charge in [0.1, 0.15) is 6.17 Å². The summed E-state index contributed by atoms with van der Waals surface area (Å²) in [6.07, 6.45) is 5.26. The van der Waals surface area contributed by atoms with Crippen molar-refractivity contribution in [3.63, 3.8) is 0 Å². The molecule has 2 unspecified atom stereocenters. The zero-order valence-corrected chi connectivity index (χ0v) is 11.3.